The molecule has 0 saturated carbocycles. The van der Waals surface area contributed by atoms with E-state index in [0.717, 1.165) is 0 Å². The van der Waals surface area contributed by atoms with Crippen molar-refractivity contribution in [2.75, 3.05) is 0 Å². The average Bonchev–Trinajstić information content (AvgIpc) is 2.70. The Kier molecular flexibility index (Phi) is 4.01. The van der Waals surface area contributed by atoms with Gasteiger partial charge >= 0.3 is 6.16 Å². The Bertz CT molecular complexity index is 515. The van der Waals surface area contributed by atoms with Gasteiger partial charge in [-0.1, -0.05) is 34.9 Å². The lowest BCUT2D eigenvalue weighted by molar-refractivity contribution is -0.177. The summed E-state index contributed by atoms with van der Waals surface area (Å²) in [6, 6.07) is 6.82. The van der Waals surface area contributed by atoms with Gasteiger partial charge in [-0.25, -0.2) is 4.79 Å². The number of nitrogens with zero attached hydrogens (tertiary/aromatic N) is 1. The number of rotatable bonds is 3. The quantitative estimate of drug-likeness (QED) is 0.627. The van der Waals surface area contributed by atoms with Gasteiger partial charge in [0.15, 0.2) is 0 Å². The standard InChI is InChI=1S/C12H10ClNO5/c13-9-4-2-1-3-8(9)7-18-12(17)19-14-10(15)5-6-11(14)16/h1-4H,5-7H2. The number of hydrogen-bond donors (Lipinski definition) is 0. The summed E-state index contributed by atoms with van der Waals surface area (Å²) < 4.78 is 4.78. The van der Waals surface area contributed by atoms with E-state index in [9.17, 15) is 14.4 Å². The first kappa shape index (κ1) is 13.4. The second-order valence-electron chi connectivity index (χ2n) is 3.80. The molecule has 1 saturated heterocycles. The predicted octanol–water partition coefficient (Wildman–Crippen LogP) is 2.06. The van der Waals surface area contributed by atoms with E-state index >= 15 is 0 Å². The van der Waals surface area contributed by atoms with Gasteiger partial charge < -0.3 is 4.74 Å². The Labute approximate surface area is 113 Å². The number of amides is 2. The van der Waals surface area contributed by atoms with E-state index in [1.165, 1.54) is 0 Å². The molecule has 2 rings (SSSR count). The summed E-state index contributed by atoms with van der Waals surface area (Å²) in [4.78, 5) is 38.3. The number of benzene rings is 1. The lowest BCUT2D eigenvalue weighted by Crippen LogP contribution is -2.32. The molecule has 19 heavy (non-hydrogen) atoms. The third-order valence-corrected chi connectivity index (χ3v) is 2.84. The van der Waals surface area contributed by atoms with Gasteiger partial charge in [0.05, 0.1) is 0 Å². The zero-order valence-electron chi connectivity index (χ0n) is 9.80. The van der Waals surface area contributed by atoms with Crippen molar-refractivity contribution < 1.29 is 24.0 Å². The number of ether oxygens (including phenoxy) is 1. The SMILES string of the molecule is O=C(OCc1ccccc1Cl)ON1C(=O)CCC1=O. The van der Waals surface area contributed by atoms with Crippen molar-refractivity contribution in [1.29, 1.82) is 0 Å². The van der Waals surface area contributed by atoms with Crippen LogP contribution in [0.15, 0.2) is 24.3 Å². The Morgan fingerprint density at radius 1 is 1.21 bits per heavy atom. The first-order chi connectivity index (χ1) is 9.08. The molecule has 1 heterocycles. The van der Waals surface area contributed by atoms with Crippen LogP contribution in [0, 0.1) is 0 Å². The predicted molar refractivity (Wildman–Crippen MR) is 63.8 cm³/mol. The number of carbonyl (C=O) groups is 3. The zero-order valence-corrected chi connectivity index (χ0v) is 10.6. The summed E-state index contributed by atoms with van der Waals surface area (Å²) in [7, 11) is 0. The molecule has 0 bridgehead atoms. The van der Waals surface area contributed by atoms with Crippen LogP contribution in [0.3, 0.4) is 0 Å². The van der Waals surface area contributed by atoms with Crippen LogP contribution in [0.5, 0.6) is 0 Å². The van der Waals surface area contributed by atoms with Crippen LogP contribution in [-0.2, 0) is 25.8 Å². The molecule has 6 nitrogen and oxygen atoms in total. The molecule has 0 atom stereocenters. The highest BCUT2D eigenvalue weighted by molar-refractivity contribution is 6.31. The summed E-state index contributed by atoms with van der Waals surface area (Å²) >= 11 is 5.87. The van der Waals surface area contributed by atoms with Crippen LogP contribution in [-0.4, -0.2) is 23.0 Å². The average molecular weight is 284 g/mol. The van der Waals surface area contributed by atoms with Crippen LogP contribution < -0.4 is 0 Å². The number of hydrogen-bond acceptors (Lipinski definition) is 5. The molecule has 7 heteroatoms. The monoisotopic (exact) mass is 283 g/mol. The number of carbonyl (C=O) groups excluding carboxylic acids is 3. The van der Waals surface area contributed by atoms with Gasteiger partial charge in [-0.15, -0.1) is 0 Å². The van der Waals surface area contributed by atoms with Crippen molar-refractivity contribution in [3.63, 3.8) is 0 Å². The van der Waals surface area contributed by atoms with Gasteiger partial charge in [-0.2, -0.15) is 0 Å². The van der Waals surface area contributed by atoms with Crippen molar-refractivity contribution in [1.82, 2.24) is 5.06 Å². The maximum absolute atomic E-state index is 11.3. The molecule has 0 radical (unpaired) electrons. The smallest absolute Gasteiger partial charge is 0.428 e. The molecular formula is C12H10ClNO5. The molecule has 2 amide bonds. The molecule has 1 aromatic carbocycles. The largest absolute Gasteiger partial charge is 0.534 e. The highest BCUT2D eigenvalue weighted by Gasteiger charge is 2.33. The molecular weight excluding hydrogens is 274 g/mol. The fraction of sp³-hybridized carbons (Fsp3) is 0.250. The molecule has 0 unspecified atom stereocenters. The van der Waals surface area contributed by atoms with Gasteiger partial charge in [0, 0.05) is 23.4 Å². The summed E-state index contributed by atoms with van der Waals surface area (Å²) in [5.41, 5.74) is 0.597. The van der Waals surface area contributed by atoms with E-state index in [2.05, 4.69) is 4.84 Å². The summed E-state index contributed by atoms with van der Waals surface area (Å²) in [5, 5.41) is 0.873. The van der Waals surface area contributed by atoms with E-state index in [-0.39, 0.29) is 19.4 Å². The lowest BCUT2D eigenvalue weighted by atomic mass is 10.2. The Hall–Kier alpha value is -2.08. The van der Waals surface area contributed by atoms with Crippen molar-refractivity contribution >= 4 is 29.6 Å². The minimum Gasteiger partial charge on any atom is -0.428 e. The van der Waals surface area contributed by atoms with Crippen molar-refractivity contribution in [3.05, 3.63) is 34.9 Å². The first-order valence-electron chi connectivity index (χ1n) is 5.52. The van der Waals surface area contributed by atoms with Gasteiger partial charge in [0.25, 0.3) is 11.8 Å². The van der Waals surface area contributed by atoms with E-state index in [0.29, 0.717) is 15.6 Å². The van der Waals surface area contributed by atoms with E-state index in [1.54, 1.807) is 24.3 Å². The van der Waals surface area contributed by atoms with Gasteiger partial charge in [0.1, 0.15) is 6.61 Å². The van der Waals surface area contributed by atoms with Crippen LogP contribution in [0.4, 0.5) is 4.79 Å². The Morgan fingerprint density at radius 2 is 1.84 bits per heavy atom. The fourth-order valence-corrected chi connectivity index (χ4v) is 1.70. The Morgan fingerprint density at radius 3 is 2.47 bits per heavy atom. The highest BCUT2D eigenvalue weighted by Crippen LogP contribution is 2.17. The first-order valence-corrected chi connectivity index (χ1v) is 5.89. The molecule has 100 valence electrons. The molecule has 1 aromatic rings. The maximum Gasteiger partial charge on any atom is 0.534 e. The number of hydroxylamine groups is 2. The van der Waals surface area contributed by atoms with Gasteiger partial charge in [-0.3, -0.25) is 14.4 Å². The molecule has 0 aromatic heterocycles. The summed E-state index contributed by atoms with van der Waals surface area (Å²) in [5.74, 6) is -1.11. The van der Waals surface area contributed by atoms with Crippen LogP contribution in [0.2, 0.25) is 5.02 Å². The number of halogens is 1. The van der Waals surface area contributed by atoms with Gasteiger partial charge in [-0.05, 0) is 6.07 Å². The molecule has 1 fully saturated rings. The van der Waals surface area contributed by atoms with E-state index in [4.69, 9.17) is 16.3 Å². The molecule has 1 aliphatic rings. The minimum absolute atomic E-state index is 0.0383. The Balaban J connectivity index is 1.87. The zero-order chi connectivity index (χ0) is 13.8. The topological polar surface area (TPSA) is 72.9 Å². The third-order valence-electron chi connectivity index (χ3n) is 2.47. The van der Waals surface area contributed by atoms with Crippen LogP contribution in [0.25, 0.3) is 0 Å². The highest BCUT2D eigenvalue weighted by atomic mass is 35.5. The minimum atomic E-state index is -1.12. The lowest BCUT2D eigenvalue weighted by Gasteiger charge is -2.12. The van der Waals surface area contributed by atoms with E-state index in [1.807, 2.05) is 0 Å². The van der Waals surface area contributed by atoms with Crippen LogP contribution >= 0.6 is 11.6 Å². The van der Waals surface area contributed by atoms with Crippen LogP contribution in [0.1, 0.15) is 18.4 Å². The molecule has 0 spiro atoms. The maximum atomic E-state index is 11.3. The molecule has 0 N–H and O–H groups in total. The van der Waals surface area contributed by atoms with Gasteiger partial charge in [0.2, 0.25) is 0 Å². The molecule has 0 aliphatic carbocycles. The van der Waals surface area contributed by atoms with Crippen molar-refractivity contribution in [2.24, 2.45) is 0 Å². The van der Waals surface area contributed by atoms with E-state index < -0.39 is 18.0 Å². The normalized spacial score (nSPS) is 14.7. The second-order valence-corrected chi connectivity index (χ2v) is 4.21. The number of imide groups is 1. The molecule has 1 aliphatic heterocycles. The van der Waals surface area contributed by atoms with Crippen molar-refractivity contribution in [3.8, 4) is 0 Å². The summed E-state index contributed by atoms with van der Waals surface area (Å²) in [6.07, 6.45) is -1.05. The summed E-state index contributed by atoms with van der Waals surface area (Å²) in [6.45, 7) is -0.102. The third kappa shape index (κ3) is 3.23. The second kappa shape index (κ2) is 5.71. The fourth-order valence-electron chi connectivity index (χ4n) is 1.51. The van der Waals surface area contributed by atoms with Crippen molar-refractivity contribution in [2.45, 2.75) is 19.4 Å².